The van der Waals surface area contributed by atoms with Crippen LogP contribution in [0.2, 0.25) is 0 Å². The number of ether oxygens (including phenoxy) is 3. The maximum Gasteiger partial charge on any atom is 0.410 e. The summed E-state index contributed by atoms with van der Waals surface area (Å²) >= 11 is 3.90. The van der Waals surface area contributed by atoms with Crippen LogP contribution in [0.3, 0.4) is 0 Å². The van der Waals surface area contributed by atoms with Crippen LogP contribution in [-0.4, -0.2) is 83.0 Å². The molecule has 3 atom stereocenters. The minimum Gasteiger partial charge on any atom is -0.470 e. The Morgan fingerprint density at radius 3 is 2.23 bits per heavy atom. The van der Waals surface area contributed by atoms with E-state index in [1.165, 1.54) is 0 Å². The van der Waals surface area contributed by atoms with Gasteiger partial charge in [0.15, 0.2) is 0 Å². The van der Waals surface area contributed by atoms with Gasteiger partial charge in [-0.25, -0.2) is 14.6 Å². The predicted molar refractivity (Wildman–Crippen MR) is 163 cm³/mol. The summed E-state index contributed by atoms with van der Waals surface area (Å²) in [4.78, 5) is 36.1. The average Bonchev–Trinajstić information content (AvgIpc) is 3.43. The molecule has 4 rings (SSSR count). The first-order chi connectivity index (χ1) is 18.1. The number of halogens is 1. The lowest BCUT2D eigenvalue weighted by Crippen LogP contribution is -2.59. The number of hydrogen-bond donors (Lipinski definition) is 0. The van der Waals surface area contributed by atoms with E-state index in [-0.39, 0.29) is 30.2 Å². The summed E-state index contributed by atoms with van der Waals surface area (Å²) in [6, 6.07) is 4.21. The lowest BCUT2D eigenvalue weighted by atomic mass is 10.1. The number of aromatic nitrogens is 1. The third-order valence-corrected chi connectivity index (χ3v) is 8.96. The van der Waals surface area contributed by atoms with Crippen LogP contribution in [0.25, 0.3) is 10.2 Å². The molecule has 1 aromatic heterocycles. The Hall–Kier alpha value is -2.02. The van der Waals surface area contributed by atoms with Crippen LogP contribution >= 0.6 is 33.9 Å². The van der Waals surface area contributed by atoms with E-state index >= 15 is 0 Å². The van der Waals surface area contributed by atoms with Crippen molar-refractivity contribution in [2.45, 2.75) is 85.1 Å². The molecule has 11 heteroatoms. The van der Waals surface area contributed by atoms with Crippen molar-refractivity contribution >= 4 is 62.0 Å². The maximum atomic E-state index is 12.9. The van der Waals surface area contributed by atoms with Gasteiger partial charge in [-0.05, 0) is 96.5 Å². The van der Waals surface area contributed by atoms with E-state index in [9.17, 15) is 9.59 Å². The molecule has 2 aliphatic rings. The first-order valence-corrected chi connectivity index (χ1v) is 15.5. The Labute approximate surface area is 249 Å². The largest absolute Gasteiger partial charge is 0.470 e. The Balaban J connectivity index is 1.43. The first kappa shape index (κ1) is 30.0. The highest BCUT2D eigenvalue weighted by Crippen LogP contribution is 2.39. The molecule has 216 valence electrons. The van der Waals surface area contributed by atoms with Crippen molar-refractivity contribution in [3.05, 3.63) is 15.7 Å². The molecule has 2 fully saturated rings. The zero-order chi connectivity index (χ0) is 28.7. The molecule has 0 radical (unpaired) electrons. The second-order valence-electron chi connectivity index (χ2n) is 12.6. The zero-order valence-electron chi connectivity index (χ0n) is 24.2. The van der Waals surface area contributed by atoms with Crippen molar-refractivity contribution in [1.29, 1.82) is 0 Å². The smallest absolute Gasteiger partial charge is 0.410 e. The fourth-order valence-electron chi connectivity index (χ4n) is 5.10. The highest BCUT2D eigenvalue weighted by molar-refractivity contribution is 14.1. The van der Waals surface area contributed by atoms with Crippen molar-refractivity contribution < 1.29 is 23.8 Å². The van der Waals surface area contributed by atoms with Crippen LogP contribution in [0.4, 0.5) is 15.3 Å². The molecule has 0 saturated carbocycles. The maximum absolute atomic E-state index is 12.9. The van der Waals surface area contributed by atoms with Gasteiger partial charge in [-0.2, -0.15) is 0 Å². The second kappa shape index (κ2) is 11.5. The van der Waals surface area contributed by atoms with Crippen LogP contribution in [0.5, 0.6) is 5.19 Å². The standard InChI is InChI=1S/C28H41IN4O5S/c1-17-13-32(14-18(2)33(17)26(35)38-28(6,7)8)21-10-9-20(29)23-22(21)30-24(39-23)36-16-19-11-12-31(15-19)25(34)37-27(3,4)5/h9-10,17-19H,11-16H2,1-8H3/t17-,18-,19?/m0/s1. The van der Waals surface area contributed by atoms with Gasteiger partial charge in [0.1, 0.15) is 16.7 Å². The lowest BCUT2D eigenvalue weighted by molar-refractivity contribution is 0.00562. The van der Waals surface area contributed by atoms with Gasteiger partial charge in [-0.15, -0.1) is 0 Å². The van der Waals surface area contributed by atoms with Crippen LogP contribution in [0, 0.1) is 9.49 Å². The number of hydrogen-bond acceptors (Lipinski definition) is 8. The van der Waals surface area contributed by atoms with Crippen molar-refractivity contribution in [3.63, 3.8) is 0 Å². The monoisotopic (exact) mass is 672 g/mol. The van der Waals surface area contributed by atoms with Crippen molar-refractivity contribution in [2.75, 3.05) is 37.7 Å². The third kappa shape index (κ3) is 7.39. The Morgan fingerprint density at radius 2 is 1.62 bits per heavy atom. The summed E-state index contributed by atoms with van der Waals surface area (Å²) in [7, 11) is 0. The SMILES string of the molecule is C[C@H]1CN(c2ccc(I)c3sc(OCC4CCN(C(=O)OC(C)(C)C)C4)nc23)C[C@H](C)N1C(=O)OC(C)(C)C. The molecule has 0 bridgehead atoms. The van der Waals surface area contributed by atoms with Gasteiger partial charge in [-0.3, -0.25) is 4.90 Å². The molecular formula is C28H41IN4O5S. The van der Waals surface area contributed by atoms with E-state index in [0.717, 1.165) is 25.9 Å². The molecular weight excluding hydrogens is 631 g/mol. The van der Waals surface area contributed by atoms with Crippen molar-refractivity contribution in [2.24, 2.45) is 5.92 Å². The number of anilines is 1. The minimum absolute atomic E-state index is 0.0115. The number of carbonyl (C=O) groups is 2. The zero-order valence-corrected chi connectivity index (χ0v) is 27.2. The molecule has 0 aliphatic carbocycles. The van der Waals surface area contributed by atoms with Crippen molar-refractivity contribution in [1.82, 2.24) is 14.8 Å². The minimum atomic E-state index is -0.528. The molecule has 2 aliphatic heterocycles. The number of carbonyl (C=O) groups excluding carboxylic acids is 2. The molecule has 0 spiro atoms. The fraction of sp³-hybridized carbons (Fsp3) is 0.679. The van der Waals surface area contributed by atoms with E-state index in [1.807, 2.05) is 46.4 Å². The number of benzene rings is 1. The van der Waals surface area contributed by atoms with E-state index in [0.29, 0.717) is 38.0 Å². The van der Waals surface area contributed by atoms with E-state index in [4.69, 9.17) is 19.2 Å². The van der Waals surface area contributed by atoms with Crippen LogP contribution < -0.4 is 9.64 Å². The number of piperazine rings is 1. The number of amides is 2. The van der Waals surface area contributed by atoms with Gasteiger partial charge >= 0.3 is 12.2 Å². The number of fused-ring (bicyclic) bond motifs is 1. The molecule has 1 aromatic carbocycles. The number of rotatable bonds is 4. The Morgan fingerprint density at radius 1 is 1.00 bits per heavy atom. The van der Waals surface area contributed by atoms with Crippen LogP contribution in [0.1, 0.15) is 61.8 Å². The van der Waals surface area contributed by atoms with Gasteiger partial charge in [0.25, 0.3) is 5.19 Å². The van der Waals surface area contributed by atoms with Crippen molar-refractivity contribution in [3.8, 4) is 5.19 Å². The lowest BCUT2D eigenvalue weighted by Gasteiger charge is -2.45. The van der Waals surface area contributed by atoms with E-state index < -0.39 is 11.2 Å². The third-order valence-electron chi connectivity index (χ3n) is 6.70. The quantitative estimate of drug-likeness (QED) is 0.349. The first-order valence-electron chi connectivity index (χ1n) is 13.6. The van der Waals surface area contributed by atoms with Gasteiger partial charge in [0.05, 0.1) is 29.1 Å². The highest BCUT2D eigenvalue weighted by atomic mass is 127. The number of likely N-dealkylation sites (tertiary alicyclic amines) is 1. The molecule has 2 saturated heterocycles. The topological polar surface area (TPSA) is 84.4 Å². The number of thiazole rings is 1. The van der Waals surface area contributed by atoms with E-state index in [2.05, 4.69) is 53.5 Å². The Bertz CT molecular complexity index is 1200. The summed E-state index contributed by atoms with van der Waals surface area (Å²) in [6.07, 6.45) is 0.348. The molecule has 1 unspecified atom stereocenters. The van der Waals surface area contributed by atoms with Gasteiger partial charge in [-0.1, -0.05) is 11.3 Å². The second-order valence-corrected chi connectivity index (χ2v) is 14.7. The van der Waals surface area contributed by atoms with Gasteiger partial charge < -0.3 is 24.0 Å². The summed E-state index contributed by atoms with van der Waals surface area (Å²) in [5, 5.41) is 0.638. The molecule has 2 amide bonds. The normalized spacial score (nSPS) is 22.4. The highest BCUT2D eigenvalue weighted by Gasteiger charge is 2.36. The van der Waals surface area contributed by atoms with Crippen LogP contribution in [0.15, 0.2) is 12.1 Å². The molecule has 9 nitrogen and oxygen atoms in total. The molecule has 39 heavy (non-hydrogen) atoms. The summed E-state index contributed by atoms with van der Waals surface area (Å²) in [5.41, 5.74) is 0.948. The Kier molecular flexibility index (Phi) is 8.80. The van der Waals surface area contributed by atoms with Crippen LogP contribution in [-0.2, 0) is 9.47 Å². The molecule has 2 aromatic rings. The summed E-state index contributed by atoms with van der Waals surface area (Å²) in [6.45, 7) is 18.6. The summed E-state index contributed by atoms with van der Waals surface area (Å²) in [5.74, 6) is 0.241. The van der Waals surface area contributed by atoms with Gasteiger partial charge in [0.2, 0.25) is 0 Å². The summed E-state index contributed by atoms with van der Waals surface area (Å²) < 4.78 is 19.6. The molecule has 3 heterocycles. The molecule has 0 N–H and O–H groups in total. The fourth-order valence-corrected chi connectivity index (χ4v) is 6.72. The average molecular weight is 673 g/mol. The number of nitrogens with zero attached hydrogens (tertiary/aromatic N) is 4. The van der Waals surface area contributed by atoms with E-state index in [1.54, 1.807) is 16.2 Å². The van der Waals surface area contributed by atoms with Gasteiger partial charge in [0, 0.05) is 35.7 Å². The predicted octanol–water partition coefficient (Wildman–Crippen LogP) is 6.37.